The maximum Gasteiger partial charge on any atom is 0.256 e. The van der Waals surface area contributed by atoms with Crippen molar-refractivity contribution < 1.29 is 13.9 Å². The van der Waals surface area contributed by atoms with E-state index in [1.165, 1.54) is 0 Å². The molecule has 0 N–H and O–H groups in total. The summed E-state index contributed by atoms with van der Waals surface area (Å²) in [4.78, 5) is 32.5. The first-order valence-electron chi connectivity index (χ1n) is 10.8. The lowest BCUT2D eigenvalue weighted by Gasteiger charge is -2.49. The Labute approximate surface area is 185 Å². The largest absolute Gasteiger partial charge is 0.472 e. The van der Waals surface area contributed by atoms with Crippen molar-refractivity contribution in [3.05, 3.63) is 65.5 Å². The Kier molecular flexibility index (Phi) is 5.28. The van der Waals surface area contributed by atoms with Crippen LogP contribution in [0.4, 0.5) is 4.39 Å². The lowest BCUT2D eigenvalue weighted by atomic mass is 9.77. The fraction of sp³-hybridized carbons (Fsp3) is 0.375. The first-order valence-corrected chi connectivity index (χ1v) is 10.8. The number of nitrogens with zero attached hydrogens (tertiary/aromatic N) is 5. The summed E-state index contributed by atoms with van der Waals surface area (Å²) in [5.41, 5.74) is 2.72. The van der Waals surface area contributed by atoms with Crippen LogP contribution in [0, 0.1) is 25.6 Å². The highest BCUT2D eigenvalue weighted by atomic mass is 19.1. The molecule has 5 heterocycles. The maximum absolute atomic E-state index is 13.7. The molecule has 0 aromatic carbocycles. The molecule has 2 bridgehead atoms. The van der Waals surface area contributed by atoms with E-state index >= 15 is 0 Å². The summed E-state index contributed by atoms with van der Waals surface area (Å²) < 4.78 is 19.5. The van der Waals surface area contributed by atoms with Gasteiger partial charge in [-0.15, -0.1) is 0 Å². The van der Waals surface area contributed by atoms with Gasteiger partial charge < -0.3 is 9.64 Å². The highest BCUT2D eigenvalue weighted by molar-refractivity contribution is 5.99. The number of carbonyl (C=O) groups is 1. The number of fused-ring (bicyclic) bond motifs is 3. The molecule has 2 saturated heterocycles. The summed E-state index contributed by atoms with van der Waals surface area (Å²) >= 11 is 0. The van der Waals surface area contributed by atoms with Gasteiger partial charge >= 0.3 is 0 Å². The van der Waals surface area contributed by atoms with Crippen LogP contribution in [0.25, 0.3) is 11.5 Å². The van der Waals surface area contributed by atoms with E-state index in [0.717, 1.165) is 42.8 Å². The molecule has 3 fully saturated rings. The molecule has 7 nitrogen and oxygen atoms in total. The van der Waals surface area contributed by atoms with Crippen molar-refractivity contribution in [3.8, 4) is 17.4 Å². The zero-order valence-corrected chi connectivity index (χ0v) is 18.0. The average molecular weight is 433 g/mol. The number of carbonyl (C=O) groups excluding carboxylic acids is 1. The zero-order valence-electron chi connectivity index (χ0n) is 18.0. The zero-order chi connectivity index (χ0) is 22.2. The number of aromatic nitrogens is 4. The molecule has 3 aliphatic rings. The topological polar surface area (TPSA) is 81.1 Å². The molecular formula is C24H24FN5O2. The van der Waals surface area contributed by atoms with E-state index in [9.17, 15) is 9.18 Å². The quantitative estimate of drug-likeness (QED) is 0.623. The highest BCUT2D eigenvalue weighted by Crippen LogP contribution is 2.38. The van der Waals surface area contributed by atoms with Crippen molar-refractivity contribution in [1.29, 1.82) is 0 Å². The number of hydrogen-bond donors (Lipinski definition) is 0. The monoisotopic (exact) mass is 433 g/mol. The van der Waals surface area contributed by atoms with Crippen molar-refractivity contribution in [2.75, 3.05) is 6.54 Å². The summed E-state index contributed by atoms with van der Waals surface area (Å²) in [6.45, 7) is 4.55. The highest BCUT2D eigenvalue weighted by Gasteiger charge is 2.45. The van der Waals surface area contributed by atoms with Crippen molar-refractivity contribution in [2.24, 2.45) is 5.92 Å². The summed E-state index contributed by atoms with van der Waals surface area (Å²) in [5, 5.41) is 0. The number of aryl methyl sites for hydroxylation is 2. The number of amides is 1. The van der Waals surface area contributed by atoms with Crippen molar-refractivity contribution >= 4 is 5.91 Å². The lowest BCUT2D eigenvalue weighted by Crippen LogP contribution is -2.59. The molecule has 0 radical (unpaired) electrons. The lowest BCUT2D eigenvalue weighted by molar-refractivity contribution is -0.0313. The average Bonchev–Trinajstić information content (AvgIpc) is 2.81. The third kappa shape index (κ3) is 3.92. The first-order chi connectivity index (χ1) is 15.5. The van der Waals surface area contributed by atoms with E-state index in [0.29, 0.717) is 29.6 Å². The molecule has 1 saturated carbocycles. The molecule has 2 aliphatic heterocycles. The van der Waals surface area contributed by atoms with Crippen LogP contribution in [0.15, 0.2) is 43.0 Å². The molecule has 6 rings (SSSR count). The summed E-state index contributed by atoms with van der Waals surface area (Å²) in [6, 6.07) is 5.60. The minimum Gasteiger partial charge on any atom is -0.472 e. The van der Waals surface area contributed by atoms with Crippen LogP contribution in [0.2, 0.25) is 0 Å². The van der Waals surface area contributed by atoms with E-state index in [2.05, 4.69) is 19.9 Å². The molecule has 164 valence electrons. The van der Waals surface area contributed by atoms with E-state index in [-0.39, 0.29) is 23.9 Å². The Balaban J connectivity index is 1.44. The van der Waals surface area contributed by atoms with Gasteiger partial charge in [0.15, 0.2) is 11.6 Å². The molecule has 3 unspecified atom stereocenters. The second-order valence-corrected chi connectivity index (χ2v) is 8.67. The van der Waals surface area contributed by atoms with Crippen LogP contribution in [0.5, 0.6) is 5.88 Å². The normalized spacial score (nSPS) is 22.1. The standard InChI is InChI=1S/C24H24FN5O2/c1-14-3-6-21(26-9-14)32-20-8-16-4-5-19(20)30(13-16)24(31)18-7-15(2)10-27-22(18)23-28-11-17(25)12-29-23/h3,6-7,9-12,16,19-20H,4-5,8,13H2,1-2H3. The van der Waals surface area contributed by atoms with Gasteiger partial charge in [-0.2, -0.15) is 0 Å². The van der Waals surface area contributed by atoms with Crippen molar-refractivity contribution in [1.82, 2.24) is 24.8 Å². The van der Waals surface area contributed by atoms with Gasteiger partial charge in [0.2, 0.25) is 5.88 Å². The molecule has 1 aliphatic carbocycles. The number of rotatable bonds is 4. The van der Waals surface area contributed by atoms with E-state index in [1.54, 1.807) is 18.5 Å². The SMILES string of the molecule is Cc1ccc(OC2CC3CCC2N(C(=O)c2cc(C)cnc2-c2ncc(F)cn2)C3)nc1. The van der Waals surface area contributed by atoms with Gasteiger partial charge in [0.25, 0.3) is 5.91 Å². The second-order valence-electron chi connectivity index (χ2n) is 8.67. The maximum atomic E-state index is 13.7. The van der Waals surface area contributed by atoms with Gasteiger partial charge in [0, 0.05) is 25.0 Å². The van der Waals surface area contributed by atoms with Crippen molar-refractivity contribution in [2.45, 2.75) is 45.3 Å². The minimum atomic E-state index is -0.535. The Bertz CT molecular complexity index is 1140. The Morgan fingerprint density at radius 3 is 2.53 bits per heavy atom. The molecular weight excluding hydrogens is 409 g/mol. The second kappa shape index (κ2) is 8.26. The van der Waals surface area contributed by atoms with E-state index < -0.39 is 5.82 Å². The number of ether oxygens (including phenoxy) is 1. The van der Waals surface area contributed by atoms with Gasteiger partial charge in [-0.1, -0.05) is 6.07 Å². The third-order valence-corrected chi connectivity index (χ3v) is 6.22. The fourth-order valence-corrected chi connectivity index (χ4v) is 4.67. The third-order valence-electron chi connectivity index (χ3n) is 6.22. The van der Waals surface area contributed by atoms with Crippen LogP contribution in [-0.4, -0.2) is 49.4 Å². The number of piperidine rings is 2. The minimum absolute atomic E-state index is 0.0434. The van der Waals surface area contributed by atoms with E-state index in [1.807, 2.05) is 30.9 Å². The summed E-state index contributed by atoms with van der Waals surface area (Å²) in [6.07, 6.45) is 8.38. The van der Waals surface area contributed by atoms with Gasteiger partial charge in [-0.25, -0.2) is 19.3 Å². The predicted octanol–water partition coefficient (Wildman–Crippen LogP) is 3.76. The number of pyridine rings is 2. The molecule has 1 amide bonds. The molecule has 32 heavy (non-hydrogen) atoms. The number of hydrogen-bond acceptors (Lipinski definition) is 6. The molecule has 3 atom stereocenters. The first kappa shape index (κ1) is 20.5. The fourth-order valence-electron chi connectivity index (χ4n) is 4.67. The number of halogens is 1. The Hall–Kier alpha value is -3.42. The molecule has 0 spiro atoms. The van der Waals surface area contributed by atoms with Gasteiger partial charge in [0.1, 0.15) is 11.8 Å². The van der Waals surface area contributed by atoms with Gasteiger partial charge in [-0.05, 0) is 56.2 Å². The predicted molar refractivity (Wildman–Crippen MR) is 116 cm³/mol. The molecule has 3 aromatic rings. The van der Waals surface area contributed by atoms with Crippen LogP contribution in [0.1, 0.15) is 40.7 Å². The van der Waals surface area contributed by atoms with E-state index in [4.69, 9.17) is 4.74 Å². The summed E-state index contributed by atoms with van der Waals surface area (Å²) in [5.74, 6) is 0.533. The summed E-state index contributed by atoms with van der Waals surface area (Å²) in [7, 11) is 0. The molecule has 3 aromatic heterocycles. The van der Waals surface area contributed by atoms with Crippen LogP contribution in [-0.2, 0) is 0 Å². The Morgan fingerprint density at radius 1 is 1.03 bits per heavy atom. The van der Waals surface area contributed by atoms with Crippen LogP contribution < -0.4 is 4.74 Å². The van der Waals surface area contributed by atoms with Crippen molar-refractivity contribution in [3.63, 3.8) is 0 Å². The van der Waals surface area contributed by atoms with Gasteiger partial charge in [0.05, 0.1) is 24.0 Å². The van der Waals surface area contributed by atoms with Gasteiger partial charge in [-0.3, -0.25) is 9.78 Å². The van der Waals surface area contributed by atoms with Crippen LogP contribution in [0.3, 0.4) is 0 Å². The molecule has 8 heteroatoms. The smallest absolute Gasteiger partial charge is 0.256 e. The Morgan fingerprint density at radius 2 is 1.81 bits per heavy atom. The van der Waals surface area contributed by atoms with Crippen LogP contribution >= 0.6 is 0 Å².